The van der Waals surface area contributed by atoms with Crippen molar-refractivity contribution < 1.29 is 9.47 Å². The van der Waals surface area contributed by atoms with Gasteiger partial charge in [-0.05, 0) is 41.5 Å². The van der Waals surface area contributed by atoms with E-state index in [1.807, 2.05) is 27.7 Å². The van der Waals surface area contributed by atoms with E-state index in [4.69, 9.17) is 0 Å². The van der Waals surface area contributed by atoms with Gasteiger partial charge in [-0.25, -0.2) is 0 Å². The van der Waals surface area contributed by atoms with Crippen LogP contribution in [0.5, 0.6) is 0 Å². The van der Waals surface area contributed by atoms with Crippen LogP contribution >= 0.6 is 40.0 Å². The number of halogens is 2. The summed E-state index contributed by atoms with van der Waals surface area (Å²) in [5, 5.41) is 0. The Kier molecular flexibility index (Phi) is 23.0. The van der Waals surface area contributed by atoms with Crippen molar-refractivity contribution in [2.45, 2.75) is 67.2 Å². The molecule has 141 valence electrons. The van der Waals surface area contributed by atoms with Gasteiger partial charge in [-0.2, -0.15) is 0 Å². The Labute approximate surface area is 185 Å². The molecule has 0 atom stereocenters. The van der Waals surface area contributed by atoms with Gasteiger partial charge < -0.3 is 0 Å². The molecule has 0 heterocycles. The van der Waals surface area contributed by atoms with E-state index in [0.29, 0.717) is 9.47 Å². The zero-order chi connectivity index (χ0) is 19.5. The second kappa shape index (κ2) is 20.8. The van der Waals surface area contributed by atoms with Gasteiger partial charge in [0.05, 0.1) is 0 Å². The Balaban J connectivity index is 0. The fourth-order valence-electron chi connectivity index (χ4n) is 2.24. The predicted molar refractivity (Wildman–Crippen MR) is 130 cm³/mol. The summed E-state index contributed by atoms with van der Waals surface area (Å²) in [6, 6.07) is 18.0. The molecule has 2 aromatic carbocycles. The molecule has 0 aliphatic rings. The minimum absolute atomic E-state index is 0.628. The third kappa shape index (κ3) is 14.2. The van der Waals surface area contributed by atoms with Crippen LogP contribution in [0.4, 0.5) is 0 Å². The van der Waals surface area contributed by atoms with Crippen LogP contribution in [0, 0.1) is 0 Å². The zero-order valence-electron chi connectivity index (χ0n) is 16.7. The van der Waals surface area contributed by atoms with Crippen molar-refractivity contribution in [3.8, 4) is 0 Å². The number of hydrogen-bond acceptors (Lipinski definition) is 0. The molecule has 0 nitrogen and oxygen atoms in total. The van der Waals surface area contributed by atoms with Crippen molar-refractivity contribution in [1.29, 1.82) is 0 Å². The van der Waals surface area contributed by atoms with Crippen LogP contribution in [0.15, 0.2) is 48.5 Å². The quantitative estimate of drug-likeness (QED) is 0.301. The maximum atomic E-state index is 2.37. The zero-order valence-corrected chi connectivity index (χ0v) is 22.4. The second-order valence-electron chi connectivity index (χ2n) is 4.98. The summed E-state index contributed by atoms with van der Waals surface area (Å²) in [7, 11) is 0.628. The van der Waals surface area contributed by atoms with Gasteiger partial charge in [0.25, 0.3) is 0 Å². The Morgan fingerprint density at radius 3 is 1.28 bits per heavy atom. The second-order valence-corrected chi connectivity index (χ2v) is 16.8. The molecule has 0 bridgehead atoms. The summed E-state index contributed by atoms with van der Waals surface area (Å²) in [6.07, 6.45) is 4.56. The van der Waals surface area contributed by atoms with E-state index in [9.17, 15) is 0 Å². The first-order valence-corrected chi connectivity index (χ1v) is 18.3. The number of rotatable bonds is 5. The first-order valence-electron chi connectivity index (χ1n) is 9.31. The molecule has 0 saturated heterocycles. The van der Waals surface area contributed by atoms with E-state index in [0.717, 1.165) is 12.8 Å². The van der Waals surface area contributed by atoms with Crippen LogP contribution in [0.25, 0.3) is 0 Å². The first kappa shape index (κ1) is 27.7. The molecular formula is C22H34I2V. The van der Waals surface area contributed by atoms with Crippen molar-refractivity contribution in [1.82, 2.24) is 0 Å². The summed E-state index contributed by atoms with van der Waals surface area (Å²) >= 11 is 4.74. The van der Waals surface area contributed by atoms with Crippen molar-refractivity contribution in [3.63, 3.8) is 0 Å². The molecule has 0 fully saturated rings. The standard InChI is InChI=1S/C18H22.2C2H6.2HI.V/c1-3-5-16-8-12-18(13-9-16)14-17-10-6-15(4-2)7-11-17;2*1-2;;;/h6-13H,3-5,14H2,1-2H3;2*1-2H3;2*1H;/q;;;;;+2/p-2. The van der Waals surface area contributed by atoms with Gasteiger partial charge in [0.1, 0.15) is 0 Å². The van der Waals surface area contributed by atoms with Crippen LogP contribution in [0.1, 0.15) is 70.2 Å². The van der Waals surface area contributed by atoms with Gasteiger partial charge in [0.15, 0.2) is 0 Å². The van der Waals surface area contributed by atoms with Gasteiger partial charge >= 0.3 is 49.4 Å². The molecule has 2 aromatic rings. The van der Waals surface area contributed by atoms with Crippen molar-refractivity contribution in [3.05, 3.63) is 70.8 Å². The van der Waals surface area contributed by atoms with E-state index < -0.39 is 0 Å². The molecule has 0 amide bonds. The number of aryl methyl sites for hydroxylation is 2. The summed E-state index contributed by atoms with van der Waals surface area (Å²) in [4.78, 5) is 0. The van der Waals surface area contributed by atoms with Crippen LogP contribution in [0.2, 0.25) is 0 Å². The summed E-state index contributed by atoms with van der Waals surface area (Å²) in [5.41, 5.74) is 5.66. The predicted octanol–water partition coefficient (Wildman–Crippen LogP) is 8.61. The third-order valence-corrected chi connectivity index (χ3v) is 3.40. The molecule has 0 aromatic heterocycles. The fourth-order valence-corrected chi connectivity index (χ4v) is 2.24. The van der Waals surface area contributed by atoms with E-state index in [2.05, 4.69) is 102 Å². The van der Waals surface area contributed by atoms with Crippen LogP contribution in [-0.4, -0.2) is 0 Å². The van der Waals surface area contributed by atoms with E-state index in [1.54, 1.807) is 0 Å². The van der Waals surface area contributed by atoms with Crippen molar-refractivity contribution in [2.75, 3.05) is 0 Å². The number of hydrogen-bond donors (Lipinski definition) is 0. The van der Waals surface area contributed by atoms with Gasteiger partial charge in [0, 0.05) is 0 Å². The molecule has 0 spiro atoms. The Hall–Kier alpha value is 0.484. The molecule has 0 saturated carbocycles. The third-order valence-electron chi connectivity index (χ3n) is 3.40. The minimum atomic E-state index is 0.628. The van der Waals surface area contributed by atoms with Crippen LogP contribution < -0.4 is 0 Å². The molecule has 0 aliphatic heterocycles. The van der Waals surface area contributed by atoms with Gasteiger partial charge in [-0.1, -0.05) is 96.5 Å². The van der Waals surface area contributed by atoms with Crippen LogP contribution in [0.3, 0.4) is 0 Å². The van der Waals surface area contributed by atoms with E-state index >= 15 is 0 Å². The SMILES string of the molecule is CC.CC.CCCc1ccc(Cc2ccc(CC)cc2)cc1.[I][V][I]. The molecular weight excluding hydrogens is 569 g/mol. The summed E-state index contributed by atoms with van der Waals surface area (Å²) in [5.74, 6) is 0. The number of benzene rings is 2. The van der Waals surface area contributed by atoms with Gasteiger partial charge in [0.2, 0.25) is 0 Å². The fraction of sp³-hybridized carbons (Fsp3) is 0.455. The van der Waals surface area contributed by atoms with Gasteiger partial charge in [-0.15, -0.1) is 0 Å². The topological polar surface area (TPSA) is 0 Å². The normalized spacial score (nSPS) is 8.64. The monoisotopic (exact) mass is 603 g/mol. The van der Waals surface area contributed by atoms with E-state index in [-0.39, 0.29) is 0 Å². The van der Waals surface area contributed by atoms with Crippen molar-refractivity contribution in [2.24, 2.45) is 0 Å². The maximum absolute atomic E-state index is 2.37. The molecule has 25 heavy (non-hydrogen) atoms. The molecule has 0 radical (unpaired) electrons. The average Bonchev–Trinajstić information content (AvgIpc) is 2.68. The van der Waals surface area contributed by atoms with Crippen LogP contribution in [-0.2, 0) is 28.7 Å². The molecule has 0 aliphatic carbocycles. The average molecular weight is 603 g/mol. The Morgan fingerprint density at radius 2 is 0.960 bits per heavy atom. The molecule has 0 N–H and O–H groups in total. The molecule has 2 rings (SSSR count). The summed E-state index contributed by atoms with van der Waals surface area (Å²) < 4.78 is 0. The van der Waals surface area contributed by atoms with Gasteiger partial charge in [-0.3, -0.25) is 0 Å². The molecule has 3 heteroatoms. The van der Waals surface area contributed by atoms with Crippen molar-refractivity contribution >= 4 is 40.0 Å². The Bertz CT molecular complexity index is 492. The molecule has 0 unspecified atom stereocenters. The Morgan fingerprint density at radius 1 is 0.640 bits per heavy atom. The van der Waals surface area contributed by atoms with E-state index in [1.165, 1.54) is 35.1 Å². The summed E-state index contributed by atoms with van der Waals surface area (Å²) in [6.45, 7) is 12.4. The first-order chi connectivity index (χ1) is 12.2.